The summed E-state index contributed by atoms with van der Waals surface area (Å²) in [4.78, 5) is 42.6. The number of amides is 2. The number of carboxylic acids is 1. The van der Waals surface area contributed by atoms with E-state index in [0.717, 1.165) is 18.2 Å². The molecule has 23 heavy (non-hydrogen) atoms. The van der Waals surface area contributed by atoms with Crippen LogP contribution in [0.5, 0.6) is 0 Å². The molecular weight excluding hydrogens is 312 g/mol. The molecule has 0 unspecified atom stereocenters. The summed E-state index contributed by atoms with van der Waals surface area (Å²) in [6, 6.07) is 0.483. The monoisotopic (exact) mass is 326 g/mol. The predicted molar refractivity (Wildman–Crippen MR) is 78.2 cm³/mol. The molecule has 11 heteroatoms. The first kappa shape index (κ1) is 17.8. The molecule has 0 aliphatic heterocycles. The Kier molecular flexibility index (Phi) is 5.54. The minimum absolute atomic E-state index is 0.198. The highest BCUT2D eigenvalue weighted by atomic mass is 16.6. The van der Waals surface area contributed by atoms with E-state index in [-0.39, 0.29) is 5.69 Å². The van der Waals surface area contributed by atoms with Gasteiger partial charge in [-0.3, -0.25) is 20.2 Å². The number of benzene rings is 1. The highest BCUT2D eigenvalue weighted by Crippen LogP contribution is 2.25. The average molecular weight is 326 g/mol. The van der Waals surface area contributed by atoms with E-state index in [4.69, 9.17) is 5.11 Å². The van der Waals surface area contributed by atoms with Crippen molar-refractivity contribution in [1.82, 2.24) is 5.32 Å². The van der Waals surface area contributed by atoms with Gasteiger partial charge in [0, 0.05) is 12.1 Å². The number of hydrogen-bond donors (Lipinski definition) is 3. The quantitative estimate of drug-likeness (QED) is 0.528. The molecule has 0 aromatic heterocycles. The van der Waals surface area contributed by atoms with Gasteiger partial charge in [0.15, 0.2) is 0 Å². The SMILES string of the molecule is CC(C)[C@H](NC(=O)Nc1cc([N+](=O)[O-])cc([N+](=O)[O-])c1)C(=O)O. The van der Waals surface area contributed by atoms with Crippen LogP contribution < -0.4 is 10.6 Å². The van der Waals surface area contributed by atoms with Crippen LogP contribution in [0.2, 0.25) is 0 Å². The van der Waals surface area contributed by atoms with Crippen LogP contribution in [0.1, 0.15) is 13.8 Å². The van der Waals surface area contributed by atoms with E-state index >= 15 is 0 Å². The van der Waals surface area contributed by atoms with Gasteiger partial charge in [-0.1, -0.05) is 13.8 Å². The molecule has 0 aliphatic carbocycles. The number of anilines is 1. The molecule has 0 heterocycles. The second-order valence-corrected chi connectivity index (χ2v) is 4.91. The van der Waals surface area contributed by atoms with E-state index < -0.39 is 45.2 Å². The summed E-state index contributed by atoms with van der Waals surface area (Å²) in [5.41, 5.74) is -1.35. The van der Waals surface area contributed by atoms with Crippen molar-refractivity contribution in [3.05, 3.63) is 38.4 Å². The van der Waals surface area contributed by atoms with Gasteiger partial charge in [-0.15, -0.1) is 0 Å². The molecule has 11 nitrogen and oxygen atoms in total. The van der Waals surface area contributed by atoms with Gasteiger partial charge < -0.3 is 15.7 Å². The van der Waals surface area contributed by atoms with Crippen LogP contribution in [-0.2, 0) is 4.79 Å². The fourth-order valence-electron chi connectivity index (χ4n) is 1.70. The van der Waals surface area contributed by atoms with Crippen LogP contribution in [-0.4, -0.2) is 33.0 Å². The Morgan fingerprint density at radius 1 is 1.09 bits per heavy atom. The molecule has 1 atom stereocenters. The smallest absolute Gasteiger partial charge is 0.326 e. The van der Waals surface area contributed by atoms with Gasteiger partial charge in [-0.2, -0.15) is 0 Å². The summed E-state index contributed by atoms with van der Waals surface area (Å²) in [6.07, 6.45) is 0. The third kappa shape index (κ3) is 4.91. The number of urea groups is 1. The molecule has 0 saturated heterocycles. The molecule has 2 amide bonds. The van der Waals surface area contributed by atoms with Crippen molar-refractivity contribution in [2.75, 3.05) is 5.32 Å². The lowest BCUT2D eigenvalue weighted by atomic mass is 10.1. The fraction of sp³-hybridized carbons (Fsp3) is 0.333. The van der Waals surface area contributed by atoms with Crippen LogP contribution >= 0.6 is 0 Å². The second-order valence-electron chi connectivity index (χ2n) is 4.91. The summed E-state index contributed by atoms with van der Waals surface area (Å²) in [5.74, 6) is -1.65. The highest BCUT2D eigenvalue weighted by molar-refractivity contribution is 5.93. The van der Waals surface area contributed by atoms with Gasteiger partial charge in [-0.05, 0) is 5.92 Å². The Balaban J connectivity index is 2.99. The topological polar surface area (TPSA) is 165 Å². The van der Waals surface area contributed by atoms with Gasteiger partial charge in [0.2, 0.25) is 0 Å². The number of aliphatic carboxylic acids is 1. The summed E-state index contributed by atoms with van der Waals surface area (Å²) < 4.78 is 0. The molecule has 124 valence electrons. The first-order valence-corrected chi connectivity index (χ1v) is 6.36. The summed E-state index contributed by atoms with van der Waals surface area (Å²) in [5, 5.41) is 34.8. The molecule has 1 aromatic carbocycles. The Morgan fingerprint density at radius 3 is 1.91 bits per heavy atom. The fourth-order valence-corrected chi connectivity index (χ4v) is 1.70. The summed E-state index contributed by atoms with van der Waals surface area (Å²) in [7, 11) is 0. The minimum Gasteiger partial charge on any atom is -0.480 e. The molecule has 0 aliphatic rings. The van der Waals surface area contributed by atoms with E-state index in [1.165, 1.54) is 0 Å². The van der Waals surface area contributed by atoms with Crippen molar-refractivity contribution < 1.29 is 24.5 Å². The van der Waals surface area contributed by atoms with Crippen molar-refractivity contribution in [2.45, 2.75) is 19.9 Å². The largest absolute Gasteiger partial charge is 0.480 e. The molecule has 0 fully saturated rings. The third-order valence-corrected chi connectivity index (χ3v) is 2.80. The Labute approximate surface area is 129 Å². The van der Waals surface area contributed by atoms with E-state index in [0.29, 0.717) is 0 Å². The Hall–Kier alpha value is -3.24. The number of carboxylic acid groups (broad SMARTS) is 1. The van der Waals surface area contributed by atoms with Crippen LogP contribution in [0, 0.1) is 26.1 Å². The number of nitrogens with one attached hydrogen (secondary N) is 2. The highest BCUT2D eigenvalue weighted by Gasteiger charge is 2.24. The zero-order valence-electron chi connectivity index (χ0n) is 12.2. The van der Waals surface area contributed by atoms with Gasteiger partial charge in [0.05, 0.1) is 21.6 Å². The molecule has 1 rings (SSSR count). The van der Waals surface area contributed by atoms with Gasteiger partial charge >= 0.3 is 12.0 Å². The molecule has 3 N–H and O–H groups in total. The first-order chi connectivity index (χ1) is 10.6. The third-order valence-electron chi connectivity index (χ3n) is 2.80. The average Bonchev–Trinajstić information content (AvgIpc) is 2.43. The number of nitro benzene ring substituents is 2. The van der Waals surface area contributed by atoms with Gasteiger partial charge in [0.1, 0.15) is 6.04 Å². The zero-order chi connectivity index (χ0) is 17.7. The lowest BCUT2D eigenvalue weighted by molar-refractivity contribution is -0.394. The molecule has 1 aromatic rings. The number of carbonyl (C=O) groups excluding carboxylic acids is 1. The molecular formula is C12H14N4O7. The lowest BCUT2D eigenvalue weighted by Gasteiger charge is -2.18. The molecule has 0 saturated carbocycles. The van der Waals surface area contributed by atoms with Crippen LogP contribution in [0.3, 0.4) is 0 Å². The van der Waals surface area contributed by atoms with E-state index in [2.05, 4.69) is 10.6 Å². The normalized spacial score (nSPS) is 11.6. The van der Waals surface area contributed by atoms with Crippen molar-refractivity contribution in [1.29, 1.82) is 0 Å². The van der Waals surface area contributed by atoms with E-state index in [1.54, 1.807) is 13.8 Å². The number of nitro groups is 2. The van der Waals surface area contributed by atoms with Gasteiger partial charge in [-0.25, -0.2) is 9.59 Å². The van der Waals surface area contributed by atoms with Crippen molar-refractivity contribution in [2.24, 2.45) is 5.92 Å². The Bertz CT molecular complexity index is 627. The maximum absolute atomic E-state index is 11.8. The lowest BCUT2D eigenvalue weighted by Crippen LogP contribution is -2.46. The summed E-state index contributed by atoms with van der Waals surface area (Å²) in [6.45, 7) is 3.16. The van der Waals surface area contributed by atoms with Crippen LogP contribution in [0.15, 0.2) is 18.2 Å². The minimum atomic E-state index is -1.25. The standard InChI is InChI=1S/C12H14N4O7/c1-6(2)10(11(17)18)14-12(19)13-7-3-8(15(20)21)5-9(4-7)16(22)23/h3-6,10H,1-2H3,(H,17,18)(H2,13,14,19)/t10-/m0/s1. The second kappa shape index (κ2) is 7.15. The number of non-ortho nitro benzene ring substituents is 2. The number of carbonyl (C=O) groups is 2. The number of hydrogen-bond acceptors (Lipinski definition) is 6. The zero-order valence-corrected chi connectivity index (χ0v) is 12.2. The van der Waals surface area contributed by atoms with Crippen molar-refractivity contribution in [3.63, 3.8) is 0 Å². The molecule has 0 spiro atoms. The van der Waals surface area contributed by atoms with Crippen LogP contribution in [0.25, 0.3) is 0 Å². The molecule has 0 radical (unpaired) electrons. The van der Waals surface area contributed by atoms with E-state index in [1.807, 2.05) is 0 Å². The first-order valence-electron chi connectivity index (χ1n) is 6.36. The number of nitrogens with zero attached hydrogens (tertiary/aromatic N) is 2. The van der Waals surface area contributed by atoms with Crippen molar-refractivity contribution in [3.8, 4) is 0 Å². The Morgan fingerprint density at radius 2 is 1.57 bits per heavy atom. The van der Waals surface area contributed by atoms with Crippen LogP contribution in [0.4, 0.5) is 21.9 Å². The van der Waals surface area contributed by atoms with E-state index in [9.17, 15) is 29.8 Å². The predicted octanol–water partition coefficient (Wildman–Crippen LogP) is 1.73. The van der Waals surface area contributed by atoms with Crippen molar-refractivity contribution >= 4 is 29.1 Å². The molecule has 0 bridgehead atoms. The number of rotatable bonds is 6. The van der Waals surface area contributed by atoms with Gasteiger partial charge in [0.25, 0.3) is 11.4 Å². The summed E-state index contributed by atoms with van der Waals surface area (Å²) >= 11 is 0. The maximum Gasteiger partial charge on any atom is 0.326 e. The maximum atomic E-state index is 11.8.